The zero-order valence-electron chi connectivity index (χ0n) is 9.93. The molecule has 2 aromatic rings. The van der Waals surface area contributed by atoms with Crippen LogP contribution in [0.1, 0.15) is 0 Å². The maximum atomic E-state index is 3.78. The van der Waals surface area contributed by atoms with Gasteiger partial charge in [-0.25, -0.2) is 0 Å². The van der Waals surface area contributed by atoms with Crippen LogP contribution < -0.4 is 10.2 Å². The third-order valence-electron chi connectivity index (χ3n) is 2.61. The highest BCUT2D eigenvalue weighted by molar-refractivity contribution is 5.75. The minimum atomic E-state index is 1.07. The molecule has 0 amide bonds. The Kier molecular flexibility index (Phi) is 3.46. The van der Waals surface area contributed by atoms with Gasteiger partial charge in [0.1, 0.15) is 0 Å². The quantitative estimate of drug-likeness (QED) is 0.844. The summed E-state index contributed by atoms with van der Waals surface area (Å²) in [6.45, 7) is 3.78. The Labute approximate surface area is 102 Å². The van der Waals surface area contributed by atoms with Crippen molar-refractivity contribution in [3.63, 3.8) is 0 Å². The van der Waals surface area contributed by atoms with Crippen molar-refractivity contribution in [3.05, 3.63) is 67.4 Å². The van der Waals surface area contributed by atoms with Crippen LogP contribution in [0, 0.1) is 0 Å². The van der Waals surface area contributed by atoms with Crippen LogP contribution in [0.4, 0.5) is 17.1 Å². The van der Waals surface area contributed by atoms with Gasteiger partial charge in [0.2, 0.25) is 0 Å². The van der Waals surface area contributed by atoms with Crippen molar-refractivity contribution in [2.24, 2.45) is 0 Å². The van der Waals surface area contributed by atoms with E-state index in [0.717, 1.165) is 17.1 Å². The van der Waals surface area contributed by atoms with Crippen LogP contribution in [0.2, 0.25) is 0 Å². The lowest BCUT2D eigenvalue weighted by molar-refractivity contribution is 1.21. The molecular weight excluding hydrogens is 208 g/mol. The number of nitrogens with zero attached hydrogens (tertiary/aromatic N) is 1. The molecule has 0 atom stereocenters. The van der Waals surface area contributed by atoms with E-state index in [-0.39, 0.29) is 0 Å². The Morgan fingerprint density at radius 1 is 1.00 bits per heavy atom. The summed E-state index contributed by atoms with van der Waals surface area (Å²) in [6.07, 6.45) is 1.80. The highest BCUT2D eigenvalue weighted by atomic mass is 15.1. The monoisotopic (exact) mass is 224 g/mol. The summed E-state index contributed by atoms with van der Waals surface area (Å²) < 4.78 is 0. The molecule has 0 aromatic heterocycles. The molecule has 2 rings (SSSR count). The van der Waals surface area contributed by atoms with E-state index in [2.05, 4.69) is 24.0 Å². The van der Waals surface area contributed by atoms with Crippen molar-refractivity contribution in [1.29, 1.82) is 0 Å². The molecule has 17 heavy (non-hydrogen) atoms. The molecule has 0 aliphatic carbocycles. The first-order valence-electron chi connectivity index (χ1n) is 5.58. The smallest absolute Gasteiger partial charge is 0.0642 e. The van der Waals surface area contributed by atoms with Crippen molar-refractivity contribution in [2.75, 3.05) is 17.3 Å². The largest absolute Gasteiger partial charge is 0.354 e. The molecule has 0 aliphatic rings. The van der Waals surface area contributed by atoms with Gasteiger partial charge in [-0.1, -0.05) is 36.9 Å². The Morgan fingerprint density at radius 2 is 1.65 bits per heavy atom. The summed E-state index contributed by atoms with van der Waals surface area (Å²) in [7, 11) is 1.98. The predicted octanol–water partition coefficient (Wildman–Crippen LogP) is 4.01. The molecule has 0 saturated heterocycles. The SMILES string of the molecule is C=CN(C)c1ccccc1Nc1ccccc1. The zero-order chi connectivity index (χ0) is 12.1. The summed E-state index contributed by atoms with van der Waals surface area (Å²) in [4.78, 5) is 1.99. The predicted molar refractivity (Wildman–Crippen MR) is 74.8 cm³/mol. The molecule has 0 heterocycles. The van der Waals surface area contributed by atoms with Crippen LogP contribution in [-0.4, -0.2) is 7.05 Å². The van der Waals surface area contributed by atoms with Gasteiger partial charge in [-0.05, 0) is 30.5 Å². The summed E-state index contributed by atoms with van der Waals surface area (Å²) in [6, 6.07) is 18.3. The number of rotatable bonds is 4. The van der Waals surface area contributed by atoms with Crippen molar-refractivity contribution in [2.45, 2.75) is 0 Å². The van der Waals surface area contributed by atoms with E-state index < -0.39 is 0 Å². The molecule has 0 fully saturated rings. The fourth-order valence-electron chi connectivity index (χ4n) is 1.66. The first-order chi connectivity index (χ1) is 8.31. The first kappa shape index (κ1) is 11.3. The minimum Gasteiger partial charge on any atom is -0.354 e. The number of para-hydroxylation sites is 3. The summed E-state index contributed by atoms with van der Waals surface area (Å²) >= 11 is 0. The normalized spacial score (nSPS) is 9.71. The zero-order valence-corrected chi connectivity index (χ0v) is 9.93. The van der Waals surface area contributed by atoms with Crippen molar-refractivity contribution < 1.29 is 0 Å². The highest BCUT2D eigenvalue weighted by Gasteiger charge is 2.03. The van der Waals surface area contributed by atoms with Crippen LogP contribution in [0.25, 0.3) is 0 Å². The molecule has 0 saturated carbocycles. The van der Waals surface area contributed by atoms with E-state index in [4.69, 9.17) is 0 Å². The third-order valence-corrected chi connectivity index (χ3v) is 2.61. The van der Waals surface area contributed by atoms with E-state index in [0.29, 0.717) is 0 Å². The van der Waals surface area contributed by atoms with E-state index in [1.54, 1.807) is 6.20 Å². The molecule has 0 unspecified atom stereocenters. The Balaban J connectivity index is 2.30. The van der Waals surface area contributed by atoms with E-state index in [9.17, 15) is 0 Å². The molecule has 2 heteroatoms. The second-order valence-corrected chi connectivity index (χ2v) is 3.80. The second kappa shape index (κ2) is 5.21. The lowest BCUT2D eigenvalue weighted by Gasteiger charge is -2.18. The van der Waals surface area contributed by atoms with Gasteiger partial charge in [0.25, 0.3) is 0 Å². The molecule has 0 radical (unpaired) electrons. The molecule has 2 aromatic carbocycles. The van der Waals surface area contributed by atoms with E-state index in [1.807, 2.05) is 54.4 Å². The molecular formula is C15H16N2. The van der Waals surface area contributed by atoms with Crippen molar-refractivity contribution >= 4 is 17.1 Å². The molecule has 86 valence electrons. The number of nitrogens with one attached hydrogen (secondary N) is 1. The van der Waals surface area contributed by atoms with Crippen LogP contribution in [0.15, 0.2) is 67.4 Å². The van der Waals surface area contributed by atoms with Gasteiger partial charge < -0.3 is 10.2 Å². The Bertz CT molecular complexity index is 491. The average Bonchev–Trinajstić information content (AvgIpc) is 2.40. The number of hydrogen-bond acceptors (Lipinski definition) is 2. The lowest BCUT2D eigenvalue weighted by Crippen LogP contribution is -2.09. The summed E-state index contributed by atoms with van der Waals surface area (Å²) in [5.74, 6) is 0. The van der Waals surface area contributed by atoms with Gasteiger partial charge >= 0.3 is 0 Å². The van der Waals surface area contributed by atoms with E-state index in [1.165, 1.54) is 0 Å². The topological polar surface area (TPSA) is 15.3 Å². The Morgan fingerprint density at radius 3 is 2.35 bits per heavy atom. The van der Waals surface area contributed by atoms with Gasteiger partial charge in [-0.15, -0.1) is 0 Å². The fraction of sp³-hybridized carbons (Fsp3) is 0.0667. The van der Waals surface area contributed by atoms with Crippen molar-refractivity contribution in [3.8, 4) is 0 Å². The first-order valence-corrected chi connectivity index (χ1v) is 5.58. The van der Waals surface area contributed by atoms with Crippen LogP contribution in [-0.2, 0) is 0 Å². The number of anilines is 3. The number of benzene rings is 2. The van der Waals surface area contributed by atoms with Crippen molar-refractivity contribution in [1.82, 2.24) is 0 Å². The molecule has 0 aliphatic heterocycles. The molecule has 0 bridgehead atoms. The van der Waals surface area contributed by atoms with Gasteiger partial charge in [-0.2, -0.15) is 0 Å². The van der Waals surface area contributed by atoms with Gasteiger partial charge in [0.15, 0.2) is 0 Å². The summed E-state index contributed by atoms with van der Waals surface area (Å²) in [5.41, 5.74) is 3.25. The van der Waals surface area contributed by atoms with Crippen LogP contribution in [0.3, 0.4) is 0 Å². The second-order valence-electron chi connectivity index (χ2n) is 3.80. The average molecular weight is 224 g/mol. The molecule has 1 N–H and O–H groups in total. The Hall–Kier alpha value is -2.22. The van der Waals surface area contributed by atoms with Gasteiger partial charge in [0, 0.05) is 12.7 Å². The maximum absolute atomic E-state index is 3.78. The van der Waals surface area contributed by atoms with Gasteiger partial charge in [0.05, 0.1) is 11.4 Å². The van der Waals surface area contributed by atoms with Gasteiger partial charge in [-0.3, -0.25) is 0 Å². The van der Waals surface area contributed by atoms with Crippen LogP contribution >= 0.6 is 0 Å². The highest BCUT2D eigenvalue weighted by Crippen LogP contribution is 2.27. The number of hydrogen-bond donors (Lipinski definition) is 1. The summed E-state index contributed by atoms with van der Waals surface area (Å²) in [5, 5.41) is 3.40. The van der Waals surface area contributed by atoms with Crippen LogP contribution in [0.5, 0.6) is 0 Å². The maximum Gasteiger partial charge on any atom is 0.0642 e. The third kappa shape index (κ3) is 2.67. The molecule has 2 nitrogen and oxygen atoms in total. The standard InChI is InChI=1S/C15H16N2/c1-3-17(2)15-12-8-7-11-14(15)16-13-9-5-4-6-10-13/h3-12,16H,1H2,2H3. The lowest BCUT2D eigenvalue weighted by atomic mass is 10.2. The minimum absolute atomic E-state index is 1.07. The van der Waals surface area contributed by atoms with E-state index >= 15 is 0 Å². The molecule has 0 spiro atoms. The fourth-order valence-corrected chi connectivity index (χ4v) is 1.66.